The highest BCUT2D eigenvalue weighted by Crippen LogP contribution is 2.32. The summed E-state index contributed by atoms with van der Waals surface area (Å²) in [5, 5.41) is 12.2. The number of carboxylic acids is 1. The van der Waals surface area contributed by atoms with Gasteiger partial charge < -0.3 is 25.6 Å². The monoisotopic (exact) mass is 527 g/mol. The SMILES string of the molecule is CC(C)CC(Oc1nc(Oc2cc(C(=O)NC(C)C)cc(-c3cccc(CN)c3)c2)c(F)cc1F)C(=O)O. The average Bonchev–Trinajstić information content (AvgIpc) is 2.85. The number of aliphatic carboxylic acids is 1. The Morgan fingerprint density at radius 3 is 2.34 bits per heavy atom. The topological polar surface area (TPSA) is 124 Å². The largest absolute Gasteiger partial charge is 0.479 e. The summed E-state index contributed by atoms with van der Waals surface area (Å²) in [4.78, 5) is 28.1. The Morgan fingerprint density at radius 2 is 1.71 bits per heavy atom. The normalized spacial score (nSPS) is 11.9. The zero-order valence-corrected chi connectivity index (χ0v) is 21.6. The van der Waals surface area contributed by atoms with Crippen LogP contribution in [0.4, 0.5) is 8.78 Å². The Bertz CT molecular complexity index is 1310. The molecule has 1 aromatic heterocycles. The Kier molecular flexibility index (Phi) is 9.35. The number of carboxylic acid groups (broad SMARTS) is 1. The molecule has 0 radical (unpaired) electrons. The Labute approximate surface area is 219 Å². The molecule has 4 N–H and O–H groups in total. The summed E-state index contributed by atoms with van der Waals surface area (Å²) in [6, 6.07) is 12.4. The minimum Gasteiger partial charge on any atom is -0.479 e. The van der Waals surface area contributed by atoms with Crippen LogP contribution < -0.4 is 20.5 Å². The number of aromatic nitrogens is 1. The molecule has 0 saturated heterocycles. The van der Waals surface area contributed by atoms with Crippen molar-refractivity contribution in [2.45, 2.75) is 52.8 Å². The molecule has 1 amide bonds. The number of nitrogens with two attached hydrogens (primary N) is 1. The smallest absolute Gasteiger partial charge is 0.344 e. The van der Waals surface area contributed by atoms with Gasteiger partial charge in [-0.15, -0.1) is 0 Å². The number of halogens is 2. The number of carbonyl (C=O) groups is 2. The first-order chi connectivity index (χ1) is 18.0. The second kappa shape index (κ2) is 12.5. The van der Waals surface area contributed by atoms with E-state index in [0.717, 1.165) is 11.1 Å². The lowest BCUT2D eigenvalue weighted by atomic mass is 10.00. The molecular weight excluding hydrogens is 496 g/mol. The second-order valence-electron chi connectivity index (χ2n) is 9.52. The molecule has 0 bridgehead atoms. The number of hydrogen-bond acceptors (Lipinski definition) is 6. The highest BCUT2D eigenvalue weighted by molar-refractivity contribution is 5.96. The van der Waals surface area contributed by atoms with Gasteiger partial charge in [-0.3, -0.25) is 4.79 Å². The minimum absolute atomic E-state index is 0.0514. The van der Waals surface area contributed by atoms with Gasteiger partial charge in [0.05, 0.1) is 0 Å². The third-order valence-corrected chi connectivity index (χ3v) is 5.38. The van der Waals surface area contributed by atoms with Crippen LogP contribution in [0.2, 0.25) is 0 Å². The molecular formula is C28H31F2N3O5. The molecule has 0 aliphatic rings. The molecule has 8 nitrogen and oxygen atoms in total. The van der Waals surface area contributed by atoms with Gasteiger partial charge in [-0.05, 0) is 67.1 Å². The number of rotatable bonds is 11. The van der Waals surface area contributed by atoms with Gasteiger partial charge in [-0.25, -0.2) is 13.6 Å². The molecule has 1 heterocycles. The molecule has 202 valence electrons. The Balaban J connectivity index is 2.03. The van der Waals surface area contributed by atoms with E-state index in [2.05, 4.69) is 10.3 Å². The molecule has 3 rings (SSSR count). The second-order valence-corrected chi connectivity index (χ2v) is 9.52. The van der Waals surface area contributed by atoms with Crippen LogP contribution >= 0.6 is 0 Å². The Hall–Kier alpha value is -4.05. The summed E-state index contributed by atoms with van der Waals surface area (Å²) < 4.78 is 40.0. The first-order valence-electron chi connectivity index (χ1n) is 12.2. The predicted octanol–water partition coefficient (Wildman–Crippen LogP) is 5.29. The summed E-state index contributed by atoms with van der Waals surface area (Å²) in [6.45, 7) is 7.50. The van der Waals surface area contributed by atoms with E-state index in [1.807, 2.05) is 38.1 Å². The lowest BCUT2D eigenvalue weighted by molar-refractivity contribution is -0.146. The summed E-state index contributed by atoms with van der Waals surface area (Å²) in [6.07, 6.45) is -1.30. The third kappa shape index (κ3) is 7.48. The van der Waals surface area contributed by atoms with Crippen LogP contribution in [0.3, 0.4) is 0 Å². The number of amides is 1. The fourth-order valence-electron chi connectivity index (χ4n) is 3.64. The number of ether oxygens (including phenoxy) is 2. The summed E-state index contributed by atoms with van der Waals surface area (Å²) in [5.74, 6) is -5.35. The maximum atomic E-state index is 14.7. The maximum Gasteiger partial charge on any atom is 0.344 e. The van der Waals surface area contributed by atoms with E-state index in [4.69, 9.17) is 15.2 Å². The Morgan fingerprint density at radius 1 is 1.00 bits per heavy atom. The first-order valence-corrected chi connectivity index (χ1v) is 12.2. The molecule has 2 aromatic carbocycles. The highest BCUT2D eigenvalue weighted by atomic mass is 19.1. The van der Waals surface area contributed by atoms with Gasteiger partial charge >= 0.3 is 5.97 Å². The molecule has 1 unspecified atom stereocenters. The van der Waals surface area contributed by atoms with Gasteiger partial charge in [-0.1, -0.05) is 32.0 Å². The van der Waals surface area contributed by atoms with Crippen molar-refractivity contribution in [2.24, 2.45) is 11.7 Å². The van der Waals surface area contributed by atoms with Crippen molar-refractivity contribution in [3.63, 3.8) is 0 Å². The lowest BCUT2D eigenvalue weighted by Crippen LogP contribution is -2.30. The van der Waals surface area contributed by atoms with Gasteiger partial charge in [-0.2, -0.15) is 4.98 Å². The summed E-state index contributed by atoms with van der Waals surface area (Å²) >= 11 is 0. The molecule has 1 atom stereocenters. The van der Waals surface area contributed by atoms with Crippen molar-refractivity contribution in [3.8, 4) is 28.6 Å². The van der Waals surface area contributed by atoms with Gasteiger partial charge in [0.25, 0.3) is 17.7 Å². The van der Waals surface area contributed by atoms with E-state index in [1.165, 1.54) is 6.07 Å². The number of nitrogens with one attached hydrogen (secondary N) is 1. The maximum absolute atomic E-state index is 14.7. The minimum atomic E-state index is -1.39. The molecule has 0 aliphatic heterocycles. The third-order valence-electron chi connectivity index (χ3n) is 5.38. The van der Waals surface area contributed by atoms with Crippen LogP contribution in [-0.2, 0) is 11.3 Å². The van der Waals surface area contributed by atoms with Crippen molar-refractivity contribution in [1.82, 2.24) is 10.3 Å². The van der Waals surface area contributed by atoms with Crippen LogP contribution in [0.5, 0.6) is 17.5 Å². The van der Waals surface area contributed by atoms with Crippen molar-refractivity contribution in [3.05, 3.63) is 71.3 Å². The van der Waals surface area contributed by atoms with Gasteiger partial charge in [0.15, 0.2) is 17.7 Å². The van der Waals surface area contributed by atoms with E-state index in [-0.39, 0.29) is 35.6 Å². The van der Waals surface area contributed by atoms with Gasteiger partial charge in [0.1, 0.15) is 5.75 Å². The number of hydrogen-bond donors (Lipinski definition) is 3. The molecule has 0 aliphatic carbocycles. The van der Waals surface area contributed by atoms with Crippen molar-refractivity contribution in [2.75, 3.05) is 0 Å². The zero-order valence-electron chi connectivity index (χ0n) is 21.6. The van der Waals surface area contributed by atoms with Crippen molar-refractivity contribution >= 4 is 11.9 Å². The molecule has 3 aromatic rings. The van der Waals surface area contributed by atoms with E-state index in [1.54, 1.807) is 26.0 Å². The number of nitrogens with zero attached hydrogens (tertiary/aromatic N) is 1. The van der Waals surface area contributed by atoms with Crippen LogP contribution in [0.15, 0.2) is 48.5 Å². The first kappa shape index (κ1) is 28.5. The fraction of sp³-hybridized carbons (Fsp3) is 0.321. The van der Waals surface area contributed by atoms with Gasteiger partial charge in [0.2, 0.25) is 0 Å². The van der Waals surface area contributed by atoms with Crippen LogP contribution in [0, 0.1) is 17.6 Å². The summed E-state index contributed by atoms with van der Waals surface area (Å²) in [5.41, 5.74) is 8.21. The number of benzene rings is 2. The van der Waals surface area contributed by atoms with Crippen molar-refractivity contribution < 1.29 is 33.0 Å². The fourth-order valence-corrected chi connectivity index (χ4v) is 3.64. The lowest BCUT2D eigenvalue weighted by Gasteiger charge is -2.17. The summed E-state index contributed by atoms with van der Waals surface area (Å²) in [7, 11) is 0. The number of pyridine rings is 1. The number of carbonyl (C=O) groups excluding carboxylic acids is 1. The van der Waals surface area contributed by atoms with Crippen LogP contribution in [0.1, 0.15) is 50.0 Å². The zero-order chi connectivity index (χ0) is 28.0. The van der Waals surface area contributed by atoms with Crippen LogP contribution in [-0.4, -0.2) is 34.1 Å². The average molecular weight is 528 g/mol. The molecule has 10 heteroatoms. The molecule has 38 heavy (non-hydrogen) atoms. The van der Waals surface area contributed by atoms with Gasteiger partial charge in [0, 0.05) is 24.2 Å². The van der Waals surface area contributed by atoms with Crippen LogP contribution in [0.25, 0.3) is 11.1 Å². The van der Waals surface area contributed by atoms with Crippen molar-refractivity contribution in [1.29, 1.82) is 0 Å². The van der Waals surface area contributed by atoms with E-state index < -0.39 is 35.5 Å². The van der Waals surface area contributed by atoms with E-state index >= 15 is 0 Å². The van der Waals surface area contributed by atoms with E-state index in [9.17, 15) is 23.5 Å². The molecule has 0 saturated carbocycles. The predicted molar refractivity (Wildman–Crippen MR) is 138 cm³/mol. The highest BCUT2D eigenvalue weighted by Gasteiger charge is 2.25. The molecule has 0 fully saturated rings. The quantitative estimate of drug-likeness (QED) is 0.309. The molecule has 0 spiro atoms. The van der Waals surface area contributed by atoms with E-state index in [0.29, 0.717) is 18.2 Å². The standard InChI is InChI=1S/C28H31F2N3O5/c1-15(2)8-24(28(35)36)38-27-23(30)13-22(29)26(33-27)37-21-11-19(18-7-5-6-17(9-18)14-31)10-20(12-21)25(34)32-16(3)4/h5-7,9-13,15-16,24H,8,14,31H2,1-4H3,(H,32,34)(H,35,36).